The number of hydrogen-bond donors (Lipinski definition) is 0. The van der Waals surface area contributed by atoms with Crippen LogP contribution >= 0.6 is 49.0 Å². The van der Waals surface area contributed by atoms with Crippen LogP contribution in [0.25, 0.3) is 0 Å². The summed E-state index contributed by atoms with van der Waals surface area (Å²) in [5, 5.41) is 0. The molecule has 20 heavy (non-hydrogen) atoms. The minimum atomic E-state index is 0.0499. The van der Waals surface area contributed by atoms with Crippen LogP contribution in [-0.2, 0) is 4.79 Å². The van der Waals surface area contributed by atoms with Gasteiger partial charge in [-0.05, 0) is 43.6 Å². The number of carbonyl (C=O) groups excluding carboxylic acids is 1. The molecular weight excluding hydrogens is 345 g/mol. The summed E-state index contributed by atoms with van der Waals surface area (Å²) < 4.78 is 1.96. The van der Waals surface area contributed by atoms with Crippen LogP contribution in [0.15, 0.2) is 0 Å². The maximum atomic E-state index is 12.3. The predicted octanol–water partition coefficient (Wildman–Crippen LogP) is 3.53. The summed E-state index contributed by atoms with van der Waals surface area (Å²) in [6.07, 6.45) is 0. The zero-order valence-corrected chi connectivity index (χ0v) is 18.3. The Morgan fingerprint density at radius 2 is 1.50 bits per heavy atom. The van der Waals surface area contributed by atoms with Crippen molar-refractivity contribution in [3.8, 4) is 0 Å². The molecule has 0 aromatic carbocycles. The van der Waals surface area contributed by atoms with E-state index in [-0.39, 0.29) is 15.4 Å². The van der Waals surface area contributed by atoms with E-state index in [0.29, 0.717) is 6.54 Å². The van der Waals surface area contributed by atoms with E-state index < -0.39 is 0 Å². The van der Waals surface area contributed by atoms with Gasteiger partial charge in [-0.15, -0.1) is 22.8 Å². The number of hydrogen-bond acceptors (Lipinski definition) is 4. The molecule has 3 nitrogen and oxygen atoms in total. The van der Waals surface area contributed by atoms with Gasteiger partial charge in [0.25, 0.3) is 0 Å². The average molecular weight is 374 g/mol. The summed E-state index contributed by atoms with van der Waals surface area (Å²) in [4.78, 5) is 14.5. The Bertz CT molecular complexity index is 317. The fraction of sp³-hybridized carbons (Fsp3) is 0.917. The van der Waals surface area contributed by atoms with E-state index in [1.165, 1.54) is 0 Å². The Morgan fingerprint density at radius 3 is 1.90 bits per heavy atom. The lowest BCUT2D eigenvalue weighted by Crippen LogP contribution is -2.43. The van der Waals surface area contributed by atoms with Gasteiger partial charge < -0.3 is 4.67 Å². The molecule has 0 aromatic rings. The molecule has 0 saturated heterocycles. The first-order valence-corrected chi connectivity index (χ1v) is 11.7. The number of carbonyl (C=O) groups is 1. The maximum Gasteiger partial charge on any atom is 0.239 e. The first-order chi connectivity index (χ1) is 9.06. The third-order valence-electron chi connectivity index (χ3n) is 2.92. The number of nitrogens with zero attached hydrogens (tertiary/aromatic N) is 2. The van der Waals surface area contributed by atoms with Crippen LogP contribution in [0.3, 0.4) is 0 Å². The highest BCUT2D eigenvalue weighted by molar-refractivity contribution is 8.44. The van der Waals surface area contributed by atoms with Crippen LogP contribution in [0.1, 0.15) is 34.6 Å². The first kappa shape index (κ1) is 21.4. The van der Waals surface area contributed by atoms with E-state index in [9.17, 15) is 4.79 Å². The Hall–Kier alpha value is 1.42. The highest BCUT2D eigenvalue weighted by atomic mass is 32.7. The van der Waals surface area contributed by atoms with E-state index >= 15 is 0 Å². The van der Waals surface area contributed by atoms with Crippen LogP contribution in [0.2, 0.25) is 0 Å². The molecule has 0 aliphatic heterocycles. The second-order valence-corrected chi connectivity index (χ2v) is 10.8. The average Bonchev–Trinajstić information content (AvgIpc) is 2.37. The smallest absolute Gasteiger partial charge is 0.239 e. The van der Waals surface area contributed by atoms with Gasteiger partial charge in [0.05, 0.1) is 6.54 Å². The first-order valence-electron chi connectivity index (χ1n) is 6.60. The topological polar surface area (TPSA) is 23.6 Å². The summed E-state index contributed by atoms with van der Waals surface area (Å²) in [5.74, 6) is 0.161. The monoisotopic (exact) mass is 374 g/mol. The Kier molecular flexibility index (Phi) is 10.2. The molecule has 3 atom stereocenters. The zero-order valence-electron chi connectivity index (χ0n) is 13.2. The van der Waals surface area contributed by atoms with Crippen molar-refractivity contribution in [3.05, 3.63) is 0 Å². The number of likely N-dealkylation sites (N-methyl/N-ethyl adjacent to an activating group) is 1. The summed E-state index contributed by atoms with van der Waals surface area (Å²) in [5.41, 5.74) is 0. The molecule has 0 aliphatic carbocycles. The second-order valence-electron chi connectivity index (χ2n) is 6.08. The van der Waals surface area contributed by atoms with Gasteiger partial charge >= 0.3 is 0 Å². The third kappa shape index (κ3) is 8.76. The van der Waals surface area contributed by atoms with Gasteiger partial charge in [0, 0.05) is 22.6 Å². The molecule has 3 unspecified atom stereocenters. The summed E-state index contributed by atoms with van der Waals surface area (Å²) in [6, 6.07) is 0. The van der Waals surface area contributed by atoms with Gasteiger partial charge in [0.2, 0.25) is 5.91 Å². The molecule has 120 valence electrons. The molecule has 0 radical (unpaired) electrons. The molecule has 0 bridgehead atoms. The van der Waals surface area contributed by atoms with Crippen molar-refractivity contribution in [1.29, 1.82) is 0 Å². The normalized spacial score (nSPS) is 12.8. The fourth-order valence-corrected chi connectivity index (χ4v) is 3.26. The highest BCUT2D eigenvalue weighted by Crippen LogP contribution is 2.32. The standard InChI is InChI=1S/C12H29N2OP3S2/c1-6-13(8-11(2,3)19-17)7-10(15)14(16)9-12(4,5)20-18/h6-9,16-18H2,1-5H3. The van der Waals surface area contributed by atoms with Gasteiger partial charge in [-0.3, -0.25) is 9.69 Å². The van der Waals surface area contributed by atoms with Crippen molar-refractivity contribution >= 4 is 54.9 Å². The summed E-state index contributed by atoms with van der Waals surface area (Å²) in [6.45, 7) is 13.8. The second kappa shape index (κ2) is 9.53. The van der Waals surface area contributed by atoms with Crippen LogP contribution in [0.4, 0.5) is 0 Å². The van der Waals surface area contributed by atoms with E-state index in [2.05, 4.69) is 65.8 Å². The van der Waals surface area contributed by atoms with Crippen LogP contribution < -0.4 is 0 Å². The van der Waals surface area contributed by atoms with Crippen molar-refractivity contribution in [1.82, 2.24) is 9.57 Å². The molecule has 0 aromatic heterocycles. The van der Waals surface area contributed by atoms with Crippen molar-refractivity contribution in [2.75, 3.05) is 26.2 Å². The van der Waals surface area contributed by atoms with Crippen molar-refractivity contribution < 1.29 is 4.79 Å². The van der Waals surface area contributed by atoms with Gasteiger partial charge in [-0.25, -0.2) is 0 Å². The molecule has 1 amide bonds. The van der Waals surface area contributed by atoms with Gasteiger partial charge in [-0.1, -0.05) is 23.8 Å². The van der Waals surface area contributed by atoms with E-state index in [1.807, 2.05) is 0 Å². The molecule has 0 saturated carbocycles. The quantitative estimate of drug-likeness (QED) is 0.576. The van der Waals surface area contributed by atoms with Crippen LogP contribution in [-0.4, -0.2) is 51.2 Å². The van der Waals surface area contributed by atoms with E-state index in [0.717, 1.165) is 19.6 Å². The minimum absolute atomic E-state index is 0.0499. The lowest BCUT2D eigenvalue weighted by molar-refractivity contribution is -0.127. The van der Waals surface area contributed by atoms with E-state index in [4.69, 9.17) is 0 Å². The molecule has 0 heterocycles. The molecule has 0 N–H and O–H groups in total. The fourth-order valence-electron chi connectivity index (χ4n) is 1.67. The lowest BCUT2D eigenvalue weighted by atomic mass is 10.2. The minimum Gasteiger partial charge on any atom is -0.325 e. The molecule has 0 fully saturated rings. The van der Waals surface area contributed by atoms with Gasteiger partial charge in [-0.2, -0.15) is 0 Å². The van der Waals surface area contributed by atoms with Gasteiger partial charge in [0.15, 0.2) is 0 Å². The number of amides is 1. The van der Waals surface area contributed by atoms with Crippen molar-refractivity contribution in [2.45, 2.75) is 44.1 Å². The SMILES string of the molecule is CCN(CC(=O)N(P)CC(C)(C)SP)CC(C)(C)SP. The van der Waals surface area contributed by atoms with Crippen molar-refractivity contribution in [2.24, 2.45) is 0 Å². The Balaban J connectivity index is 4.48. The Labute approximate surface area is 139 Å². The highest BCUT2D eigenvalue weighted by Gasteiger charge is 2.25. The van der Waals surface area contributed by atoms with Crippen LogP contribution in [0.5, 0.6) is 0 Å². The molecule has 0 rings (SSSR count). The van der Waals surface area contributed by atoms with Crippen molar-refractivity contribution in [3.63, 3.8) is 0 Å². The largest absolute Gasteiger partial charge is 0.325 e. The molecule has 8 heteroatoms. The van der Waals surface area contributed by atoms with E-state index in [1.54, 1.807) is 27.4 Å². The molecule has 0 aliphatic rings. The zero-order chi connectivity index (χ0) is 16.0. The molecular formula is C12H29N2OP3S2. The van der Waals surface area contributed by atoms with Crippen LogP contribution in [0, 0.1) is 0 Å². The summed E-state index contributed by atoms with van der Waals surface area (Å²) >= 11 is 3.46. The lowest BCUT2D eigenvalue weighted by Gasteiger charge is -2.33. The number of rotatable bonds is 9. The Morgan fingerprint density at radius 1 is 1.05 bits per heavy atom. The predicted molar refractivity (Wildman–Crippen MR) is 106 cm³/mol. The van der Waals surface area contributed by atoms with Gasteiger partial charge in [0.1, 0.15) is 0 Å². The maximum absolute atomic E-state index is 12.3. The third-order valence-corrected chi connectivity index (χ3v) is 8.75. The molecule has 0 spiro atoms. The summed E-state index contributed by atoms with van der Waals surface area (Å²) in [7, 11) is 7.96.